The van der Waals surface area contributed by atoms with Gasteiger partial charge in [0.15, 0.2) is 0 Å². The van der Waals surface area contributed by atoms with Crippen molar-refractivity contribution in [2.24, 2.45) is 5.14 Å². The maximum Gasteiger partial charge on any atom is 0.238 e. The van der Waals surface area contributed by atoms with Gasteiger partial charge in [0.05, 0.1) is 4.90 Å². The molecule has 0 radical (unpaired) electrons. The molecular formula is C21H22N2O3S. The molecule has 0 saturated heterocycles. The zero-order chi connectivity index (χ0) is 19.3. The summed E-state index contributed by atoms with van der Waals surface area (Å²) in [6, 6.07) is 22.4. The van der Waals surface area contributed by atoms with Gasteiger partial charge in [-0.15, -0.1) is 0 Å². The van der Waals surface area contributed by atoms with Crippen molar-refractivity contribution in [2.45, 2.75) is 25.0 Å². The van der Waals surface area contributed by atoms with Crippen LogP contribution in [0.5, 0.6) is 5.75 Å². The third kappa shape index (κ3) is 5.32. The number of primary sulfonamides is 1. The van der Waals surface area contributed by atoms with Crippen LogP contribution >= 0.6 is 0 Å². The summed E-state index contributed by atoms with van der Waals surface area (Å²) in [5, 5.41) is 8.39. The van der Waals surface area contributed by atoms with E-state index >= 15 is 0 Å². The molecule has 0 aliphatic rings. The average molecular weight is 382 g/mol. The summed E-state index contributed by atoms with van der Waals surface area (Å²) in [6.45, 7) is 3.11. The Bertz CT molecular complexity index is 1020. The number of hydrogen-bond donors (Lipinski definition) is 2. The van der Waals surface area contributed by atoms with Gasteiger partial charge in [0.25, 0.3) is 0 Å². The summed E-state index contributed by atoms with van der Waals surface area (Å²) < 4.78 is 28.6. The number of para-hydroxylation sites is 1. The highest BCUT2D eigenvalue weighted by atomic mass is 32.2. The van der Waals surface area contributed by atoms with Crippen LogP contribution in [-0.4, -0.2) is 8.42 Å². The number of aryl methyl sites for hydroxylation is 1. The third-order valence-corrected chi connectivity index (χ3v) is 5.04. The van der Waals surface area contributed by atoms with Crippen molar-refractivity contribution in [2.75, 3.05) is 5.32 Å². The summed E-state index contributed by atoms with van der Waals surface area (Å²) in [6.07, 6.45) is 0. The maximum absolute atomic E-state index is 11.3. The average Bonchev–Trinajstić information content (AvgIpc) is 2.65. The molecule has 140 valence electrons. The molecule has 3 N–H and O–H groups in total. The molecule has 3 aromatic rings. The molecule has 0 atom stereocenters. The van der Waals surface area contributed by atoms with Gasteiger partial charge in [-0.3, -0.25) is 0 Å². The van der Waals surface area contributed by atoms with E-state index in [1.54, 1.807) is 12.1 Å². The Kier molecular flexibility index (Phi) is 5.78. The summed E-state index contributed by atoms with van der Waals surface area (Å²) in [7, 11) is -3.68. The molecule has 0 unspecified atom stereocenters. The van der Waals surface area contributed by atoms with E-state index in [0.29, 0.717) is 13.2 Å². The van der Waals surface area contributed by atoms with E-state index in [1.165, 1.54) is 17.7 Å². The largest absolute Gasteiger partial charge is 0.489 e. The standard InChI is InChI=1S/C21H22N2O3S/c1-16-5-4-6-17(13-16)15-26-21-8-3-2-7-18(21)14-23-19-9-11-20(12-10-19)27(22,24)25/h2-13,23H,14-15H2,1H3,(H2,22,24,25). The number of hydrogen-bond acceptors (Lipinski definition) is 4. The highest BCUT2D eigenvalue weighted by molar-refractivity contribution is 7.89. The second-order valence-corrected chi connectivity index (χ2v) is 7.87. The second-order valence-electron chi connectivity index (χ2n) is 6.31. The predicted molar refractivity (Wildman–Crippen MR) is 107 cm³/mol. The monoisotopic (exact) mass is 382 g/mol. The van der Waals surface area contributed by atoms with Gasteiger partial charge in [0.2, 0.25) is 10.0 Å². The predicted octanol–water partition coefficient (Wildman–Crippen LogP) is 3.83. The summed E-state index contributed by atoms with van der Waals surface area (Å²) >= 11 is 0. The lowest BCUT2D eigenvalue weighted by Crippen LogP contribution is -2.12. The van der Waals surface area contributed by atoms with Crippen molar-refractivity contribution in [3.63, 3.8) is 0 Å². The van der Waals surface area contributed by atoms with Gasteiger partial charge < -0.3 is 10.1 Å². The fraction of sp³-hybridized carbons (Fsp3) is 0.143. The first-order valence-corrected chi connectivity index (χ1v) is 10.1. The molecule has 3 rings (SSSR count). The van der Waals surface area contributed by atoms with Gasteiger partial charge in [-0.05, 0) is 42.8 Å². The van der Waals surface area contributed by atoms with Crippen molar-refractivity contribution in [1.82, 2.24) is 0 Å². The number of sulfonamides is 1. The molecule has 0 aliphatic heterocycles. The van der Waals surface area contributed by atoms with E-state index in [1.807, 2.05) is 36.4 Å². The molecule has 0 saturated carbocycles. The molecule has 0 aromatic heterocycles. The van der Waals surface area contributed by atoms with Crippen LogP contribution in [0.4, 0.5) is 5.69 Å². The van der Waals surface area contributed by atoms with Crippen molar-refractivity contribution >= 4 is 15.7 Å². The van der Waals surface area contributed by atoms with Gasteiger partial charge in [-0.1, -0.05) is 48.0 Å². The first-order valence-electron chi connectivity index (χ1n) is 8.55. The molecule has 0 amide bonds. The number of ether oxygens (including phenoxy) is 1. The minimum Gasteiger partial charge on any atom is -0.489 e. The Morgan fingerprint density at radius 2 is 1.70 bits per heavy atom. The van der Waals surface area contributed by atoms with Crippen molar-refractivity contribution in [3.8, 4) is 5.75 Å². The molecule has 0 heterocycles. The van der Waals surface area contributed by atoms with Gasteiger partial charge >= 0.3 is 0 Å². The van der Waals surface area contributed by atoms with Gasteiger partial charge in [-0.2, -0.15) is 0 Å². The van der Waals surface area contributed by atoms with Crippen LogP contribution in [0.25, 0.3) is 0 Å². The molecule has 0 aliphatic carbocycles. The maximum atomic E-state index is 11.3. The molecule has 6 heteroatoms. The summed E-state index contributed by atoms with van der Waals surface area (Å²) in [5.41, 5.74) is 4.14. The molecule has 27 heavy (non-hydrogen) atoms. The zero-order valence-electron chi connectivity index (χ0n) is 15.1. The first kappa shape index (κ1) is 18.9. The molecule has 3 aromatic carbocycles. The summed E-state index contributed by atoms with van der Waals surface area (Å²) in [4.78, 5) is 0.0925. The molecule has 0 bridgehead atoms. The lowest BCUT2D eigenvalue weighted by molar-refractivity contribution is 0.303. The van der Waals surface area contributed by atoms with Gasteiger partial charge in [0, 0.05) is 17.8 Å². The van der Waals surface area contributed by atoms with Gasteiger partial charge in [-0.25, -0.2) is 13.6 Å². The molecule has 5 nitrogen and oxygen atoms in total. The Morgan fingerprint density at radius 3 is 2.41 bits per heavy atom. The number of rotatable bonds is 7. The van der Waals surface area contributed by atoms with E-state index in [4.69, 9.17) is 9.88 Å². The number of benzene rings is 3. The van der Waals surface area contributed by atoms with Gasteiger partial charge in [0.1, 0.15) is 12.4 Å². The highest BCUT2D eigenvalue weighted by Gasteiger charge is 2.07. The molecule has 0 fully saturated rings. The minimum absolute atomic E-state index is 0.0925. The van der Waals surface area contributed by atoms with Crippen molar-refractivity contribution < 1.29 is 13.2 Å². The van der Waals surface area contributed by atoms with E-state index in [-0.39, 0.29) is 4.90 Å². The second kappa shape index (κ2) is 8.24. The Labute approximate surface area is 159 Å². The van der Waals surface area contributed by atoms with E-state index in [0.717, 1.165) is 22.6 Å². The van der Waals surface area contributed by atoms with Crippen molar-refractivity contribution in [1.29, 1.82) is 0 Å². The van der Waals surface area contributed by atoms with Crippen LogP contribution in [-0.2, 0) is 23.2 Å². The third-order valence-electron chi connectivity index (χ3n) is 4.12. The number of anilines is 1. The van der Waals surface area contributed by atoms with Crippen LogP contribution in [0.15, 0.2) is 77.7 Å². The number of nitrogens with two attached hydrogens (primary N) is 1. The van der Waals surface area contributed by atoms with Crippen LogP contribution < -0.4 is 15.2 Å². The fourth-order valence-electron chi connectivity index (χ4n) is 2.71. The van der Waals surface area contributed by atoms with Crippen LogP contribution in [0, 0.1) is 6.92 Å². The molecule has 0 spiro atoms. The SMILES string of the molecule is Cc1cccc(COc2ccccc2CNc2ccc(S(N)(=O)=O)cc2)c1. The van der Waals surface area contributed by atoms with E-state index in [2.05, 4.69) is 24.4 Å². The quantitative estimate of drug-likeness (QED) is 0.651. The Balaban J connectivity index is 1.65. The number of nitrogens with one attached hydrogen (secondary N) is 1. The Morgan fingerprint density at radius 1 is 0.963 bits per heavy atom. The minimum atomic E-state index is -3.68. The zero-order valence-corrected chi connectivity index (χ0v) is 15.9. The highest BCUT2D eigenvalue weighted by Crippen LogP contribution is 2.21. The van der Waals surface area contributed by atoms with Crippen LogP contribution in [0.3, 0.4) is 0 Å². The topological polar surface area (TPSA) is 81.4 Å². The van der Waals surface area contributed by atoms with Crippen molar-refractivity contribution in [3.05, 3.63) is 89.5 Å². The van der Waals surface area contributed by atoms with Crippen LogP contribution in [0.1, 0.15) is 16.7 Å². The first-order chi connectivity index (χ1) is 12.9. The Hall–Kier alpha value is -2.83. The smallest absolute Gasteiger partial charge is 0.238 e. The van der Waals surface area contributed by atoms with E-state index < -0.39 is 10.0 Å². The lowest BCUT2D eigenvalue weighted by Gasteiger charge is -2.13. The normalized spacial score (nSPS) is 11.2. The lowest BCUT2D eigenvalue weighted by atomic mass is 10.1. The molecular weight excluding hydrogens is 360 g/mol. The summed E-state index contributed by atoms with van der Waals surface area (Å²) in [5.74, 6) is 0.813. The fourth-order valence-corrected chi connectivity index (χ4v) is 3.23. The van der Waals surface area contributed by atoms with E-state index in [9.17, 15) is 8.42 Å². The van der Waals surface area contributed by atoms with Crippen LogP contribution in [0.2, 0.25) is 0 Å².